The van der Waals surface area contributed by atoms with E-state index in [1.807, 2.05) is 6.07 Å². The van der Waals surface area contributed by atoms with E-state index < -0.39 is 41.9 Å². The number of aromatic nitrogens is 2. The molecule has 2 aromatic heterocycles. The average Bonchev–Trinajstić information content (AvgIpc) is 3.92. The summed E-state index contributed by atoms with van der Waals surface area (Å²) in [5, 5.41) is 31.1. The molecule has 22 heteroatoms. The Kier molecular flexibility index (Phi) is 16.2. The van der Waals surface area contributed by atoms with Gasteiger partial charge < -0.3 is 71.8 Å². The van der Waals surface area contributed by atoms with Crippen LogP contribution in [0.15, 0.2) is 46.7 Å². The number of nitrogens with one attached hydrogen (secondary N) is 5. The van der Waals surface area contributed by atoms with Gasteiger partial charge in [-0.15, -0.1) is 0 Å². The van der Waals surface area contributed by atoms with Gasteiger partial charge >= 0.3 is 5.97 Å². The predicted octanol–water partition coefficient (Wildman–Crippen LogP) is 0.233. The summed E-state index contributed by atoms with van der Waals surface area (Å²) in [6.07, 6.45) is 6.80. The summed E-state index contributed by atoms with van der Waals surface area (Å²) in [6, 6.07) is 4.43. The first kappa shape index (κ1) is 49.4. The molecule has 3 aromatic rings. The highest BCUT2D eigenvalue weighted by molar-refractivity contribution is 5.93. The lowest BCUT2D eigenvalue weighted by atomic mass is 9.86. The van der Waals surface area contributed by atoms with Gasteiger partial charge in [-0.05, 0) is 55.7 Å². The Hall–Kier alpha value is -7.04. The van der Waals surface area contributed by atoms with Gasteiger partial charge in [0.25, 0.3) is 5.56 Å². The minimum Gasteiger partial charge on any atom is -0.458 e. The topological polar surface area (TPSA) is 331 Å². The summed E-state index contributed by atoms with van der Waals surface area (Å²) in [4.78, 5) is 82.0. The van der Waals surface area contributed by atoms with Crippen LogP contribution in [0.5, 0.6) is 11.5 Å². The minimum absolute atomic E-state index is 0.0207. The molecule has 3 aliphatic heterocycles. The molecule has 2 atom stereocenters. The maximum atomic E-state index is 13.8. The monoisotopic (exact) mass is 929 g/mol. The maximum Gasteiger partial charge on any atom is 0.343 e. The third-order valence-corrected chi connectivity index (χ3v) is 11.8. The molecule has 0 radical (unpaired) electrons. The Morgan fingerprint density at radius 3 is 2.45 bits per heavy atom. The van der Waals surface area contributed by atoms with Gasteiger partial charge in [-0.2, -0.15) is 0 Å². The van der Waals surface area contributed by atoms with Crippen LogP contribution in [0.1, 0.15) is 81.5 Å². The molecule has 3 aliphatic rings. The van der Waals surface area contributed by atoms with E-state index in [-0.39, 0.29) is 86.9 Å². The number of hydrogen-bond acceptors (Lipinski definition) is 17. The van der Waals surface area contributed by atoms with E-state index in [4.69, 9.17) is 46.7 Å². The zero-order valence-corrected chi connectivity index (χ0v) is 37.8. The number of aryl methyl sites for hydroxylation is 1. The summed E-state index contributed by atoms with van der Waals surface area (Å²) in [6.45, 7) is 4.99. The first-order chi connectivity index (χ1) is 32.1. The van der Waals surface area contributed by atoms with Gasteiger partial charge in [-0.3, -0.25) is 24.0 Å². The summed E-state index contributed by atoms with van der Waals surface area (Å²) < 4.78 is 23.8. The van der Waals surface area contributed by atoms with E-state index in [9.17, 15) is 33.9 Å². The lowest BCUT2D eigenvalue weighted by Crippen LogP contribution is -2.51. The van der Waals surface area contributed by atoms with Gasteiger partial charge in [0.05, 0.1) is 47.8 Å². The smallest absolute Gasteiger partial charge is 0.343 e. The second-order valence-electron chi connectivity index (χ2n) is 16.7. The minimum atomic E-state index is -1.96. The van der Waals surface area contributed by atoms with Crippen molar-refractivity contribution in [3.8, 4) is 22.9 Å². The van der Waals surface area contributed by atoms with Crippen molar-refractivity contribution in [2.45, 2.75) is 90.5 Å². The Balaban J connectivity index is 0.931. The van der Waals surface area contributed by atoms with Crippen molar-refractivity contribution in [2.24, 2.45) is 23.2 Å². The van der Waals surface area contributed by atoms with Gasteiger partial charge in [-0.1, -0.05) is 27.2 Å². The highest BCUT2D eigenvalue weighted by Gasteiger charge is 2.45. The summed E-state index contributed by atoms with van der Waals surface area (Å²) >= 11 is 0. The molecule has 0 aliphatic carbocycles. The van der Waals surface area contributed by atoms with Crippen LogP contribution in [0, 0.1) is 11.3 Å². The van der Waals surface area contributed by atoms with Crippen molar-refractivity contribution < 1.29 is 48.0 Å². The van der Waals surface area contributed by atoms with Crippen LogP contribution in [-0.2, 0) is 58.6 Å². The molecule has 0 fully saturated rings. The van der Waals surface area contributed by atoms with Gasteiger partial charge in [0.1, 0.15) is 19.4 Å². The second kappa shape index (κ2) is 22.0. The number of nitrogens with zero attached hydrogens (tertiary/aromatic N) is 3. The number of nitrogens with two attached hydrogens (primary N) is 3. The molecule has 6 rings (SSSR count). The SMILES string of the molecule is CC[C@@]1(O)C(=O)OCc2c1cc1n(c2=O)Cc2c-1nc1cc3c(cc1c2CCCOCNC(=O)CNC(=O)CNC(=O)C(NC(=O)CCCCCN(N)/C=C(N)/C(C=N)=C/N)C(C)C)OCO3. The normalized spacial score (nSPS) is 16.4. The molecule has 67 heavy (non-hydrogen) atoms. The first-order valence-electron chi connectivity index (χ1n) is 22.1. The van der Waals surface area contributed by atoms with Crippen LogP contribution in [0.2, 0.25) is 0 Å². The fourth-order valence-electron chi connectivity index (χ4n) is 8.06. The number of hydrogen-bond donors (Lipinski definition) is 9. The molecule has 1 aromatic carbocycles. The number of hydrazine groups is 1. The van der Waals surface area contributed by atoms with Gasteiger partial charge in [0.15, 0.2) is 17.1 Å². The predicted molar refractivity (Wildman–Crippen MR) is 243 cm³/mol. The maximum absolute atomic E-state index is 13.8. The molecule has 0 spiro atoms. The Labute approximate surface area is 386 Å². The highest BCUT2D eigenvalue weighted by Crippen LogP contribution is 2.43. The third-order valence-electron chi connectivity index (χ3n) is 11.8. The molecule has 5 heterocycles. The number of esters is 1. The van der Waals surface area contributed by atoms with Crippen molar-refractivity contribution in [3.63, 3.8) is 0 Å². The summed E-state index contributed by atoms with van der Waals surface area (Å²) in [7, 11) is 0. The van der Waals surface area contributed by atoms with E-state index in [1.165, 1.54) is 17.4 Å². The van der Waals surface area contributed by atoms with Crippen molar-refractivity contribution in [1.29, 1.82) is 5.41 Å². The van der Waals surface area contributed by atoms with Crippen LogP contribution in [0.4, 0.5) is 0 Å². The van der Waals surface area contributed by atoms with E-state index in [2.05, 4.69) is 21.3 Å². The quantitative estimate of drug-likeness (QED) is 0.00915. The third kappa shape index (κ3) is 11.3. The van der Waals surface area contributed by atoms with Crippen LogP contribution >= 0.6 is 0 Å². The van der Waals surface area contributed by atoms with Gasteiger partial charge in [0, 0.05) is 66.3 Å². The lowest BCUT2D eigenvalue weighted by Gasteiger charge is -2.31. The number of carbonyl (C=O) groups is 5. The Morgan fingerprint density at radius 1 is 1.00 bits per heavy atom. The Morgan fingerprint density at radius 2 is 1.73 bits per heavy atom. The lowest BCUT2D eigenvalue weighted by molar-refractivity contribution is -0.172. The molecule has 0 saturated heterocycles. The van der Waals surface area contributed by atoms with Crippen LogP contribution < -0.4 is 53.6 Å². The average molecular weight is 930 g/mol. The van der Waals surface area contributed by atoms with Gasteiger partial charge in [-0.25, -0.2) is 15.6 Å². The highest BCUT2D eigenvalue weighted by atomic mass is 16.7. The van der Waals surface area contributed by atoms with E-state index in [0.717, 1.165) is 22.7 Å². The number of amides is 4. The largest absolute Gasteiger partial charge is 0.458 e. The molecular formula is C45H59N11O11. The molecule has 360 valence electrons. The number of ether oxygens (including phenoxy) is 4. The van der Waals surface area contributed by atoms with E-state index in [0.29, 0.717) is 72.6 Å². The van der Waals surface area contributed by atoms with Gasteiger partial charge in [0.2, 0.25) is 30.4 Å². The zero-order chi connectivity index (χ0) is 48.4. The molecule has 22 nitrogen and oxygen atoms in total. The van der Waals surface area contributed by atoms with Crippen molar-refractivity contribution in [3.05, 3.63) is 74.5 Å². The molecule has 1 unspecified atom stereocenters. The van der Waals surface area contributed by atoms with Crippen LogP contribution in [0.3, 0.4) is 0 Å². The first-order valence-corrected chi connectivity index (χ1v) is 22.1. The number of rotatable bonds is 23. The zero-order valence-electron chi connectivity index (χ0n) is 37.8. The number of pyridine rings is 2. The number of benzene rings is 1. The van der Waals surface area contributed by atoms with Crippen molar-refractivity contribution >= 4 is 46.7 Å². The molecule has 0 saturated carbocycles. The summed E-state index contributed by atoms with van der Waals surface area (Å²) in [5.41, 5.74) is 13.3. The van der Waals surface area contributed by atoms with Crippen molar-refractivity contribution in [2.75, 3.05) is 39.8 Å². The standard InChI is InChI=1S/C45H59N11O11/c1-4-45(63)31-14-34-41-29(20-56(34)43(61)30(31)22-65-44(45)62)27(28-13-35-36(67-24-66-35)15-33(28)53-41)9-8-12-64-23-52-39(59)18-50-38(58)19-51-42(60)40(25(2)3)54-37(57)10-6-5-7-11-55(49)21-32(48)26(16-46)17-47/h13-17,21,25,40,46,63H,4-12,18-20,22-24,47-49H2,1-3H3,(H,50,58)(H,51,60)(H,52,59)(H,54,57)/b26-17+,32-21-,46-16?/t40?,45-/m0/s1. The summed E-state index contributed by atoms with van der Waals surface area (Å²) in [5.74, 6) is 3.97. The van der Waals surface area contributed by atoms with Crippen LogP contribution in [0.25, 0.3) is 22.3 Å². The second-order valence-corrected chi connectivity index (χ2v) is 16.7. The fourth-order valence-corrected chi connectivity index (χ4v) is 8.06. The number of carbonyl (C=O) groups excluding carboxylic acids is 5. The van der Waals surface area contributed by atoms with Crippen molar-refractivity contribution in [1.82, 2.24) is 35.8 Å². The number of fused-ring (bicyclic) bond motifs is 6. The molecule has 4 amide bonds. The number of allylic oxidation sites excluding steroid dienone is 1. The Bertz CT molecular complexity index is 2540. The number of unbranched alkanes of at least 4 members (excludes halogenated alkanes) is 2. The molecular weight excluding hydrogens is 871 g/mol. The number of aliphatic hydroxyl groups is 1. The van der Waals surface area contributed by atoms with Crippen LogP contribution in [-0.4, -0.2) is 101 Å². The van der Waals surface area contributed by atoms with E-state index >= 15 is 0 Å². The molecule has 0 bridgehead atoms. The van der Waals surface area contributed by atoms with E-state index in [1.54, 1.807) is 37.5 Å². The fraction of sp³-hybridized carbons (Fsp3) is 0.467. The molecule has 12 N–H and O–H groups in total. The number of cyclic esters (lactones) is 1.